The van der Waals surface area contributed by atoms with E-state index in [0.717, 1.165) is 23.2 Å². The molecule has 4 nitrogen and oxygen atoms in total. The van der Waals surface area contributed by atoms with Gasteiger partial charge in [0.1, 0.15) is 6.04 Å². The highest BCUT2D eigenvalue weighted by Gasteiger charge is 2.35. The monoisotopic (exact) mass is 460 g/mol. The molecule has 0 fully saturated rings. The lowest BCUT2D eigenvalue weighted by Gasteiger charge is -2.36. The average Bonchev–Trinajstić information content (AvgIpc) is 2.84. The van der Waals surface area contributed by atoms with Crippen molar-refractivity contribution in [2.75, 3.05) is 5.32 Å². The van der Waals surface area contributed by atoms with E-state index in [4.69, 9.17) is 11.6 Å². The number of carbonyl (C=O) groups is 2. The number of carbonyl (C=O) groups excluding carboxylic acids is 2. The lowest BCUT2D eigenvalue weighted by atomic mass is 9.92. The number of aryl methyl sites for hydroxylation is 1. The number of hydrogen-bond donors (Lipinski definition) is 1. The van der Waals surface area contributed by atoms with Crippen molar-refractivity contribution < 1.29 is 9.59 Å². The summed E-state index contributed by atoms with van der Waals surface area (Å²) in [5.74, 6) is -0.378. The van der Waals surface area contributed by atoms with Crippen LogP contribution in [0.4, 0.5) is 5.69 Å². The van der Waals surface area contributed by atoms with E-state index in [1.54, 1.807) is 29.2 Å². The molecular weight excluding hydrogens is 432 g/mol. The average molecular weight is 461 g/mol. The van der Waals surface area contributed by atoms with Gasteiger partial charge in [-0.1, -0.05) is 73.8 Å². The second-order valence-electron chi connectivity index (χ2n) is 8.58. The van der Waals surface area contributed by atoms with Gasteiger partial charge in [-0.2, -0.15) is 0 Å². The maximum atomic E-state index is 13.4. The van der Waals surface area contributed by atoms with E-state index in [0.29, 0.717) is 23.6 Å². The SMILES string of the molecule is CCCCCc1ccc(NC(=O)[C@@H]2Cc3ccccc3CN2C(=O)c2cccc(Cl)c2)cc1. The molecule has 1 N–H and O–H groups in total. The summed E-state index contributed by atoms with van der Waals surface area (Å²) in [6.45, 7) is 2.58. The molecule has 1 atom stereocenters. The first-order valence-electron chi connectivity index (χ1n) is 11.6. The number of rotatable bonds is 7. The summed E-state index contributed by atoms with van der Waals surface area (Å²) in [5, 5.41) is 3.52. The summed E-state index contributed by atoms with van der Waals surface area (Å²) >= 11 is 6.12. The van der Waals surface area contributed by atoms with Gasteiger partial charge in [0.25, 0.3) is 5.91 Å². The van der Waals surface area contributed by atoms with Gasteiger partial charge < -0.3 is 10.2 Å². The fraction of sp³-hybridized carbons (Fsp3) is 0.286. The summed E-state index contributed by atoms with van der Waals surface area (Å²) in [7, 11) is 0. The molecule has 0 saturated carbocycles. The van der Waals surface area contributed by atoms with Gasteiger partial charge >= 0.3 is 0 Å². The van der Waals surface area contributed by atoms with Crippen molar-refractivity contribution >= 4 is 29.1 Å². The summed E-state index contributed by atoms with van der Waals surface area (Å²) in [6, 6.07) is 22.3. The molecule has 0 bridgehead atoms. The molecule has 0 unspecified atom stereocenters. The largest absolute Gasteiger partial charge is 0.324 e. The Balaban J connectivity index is 1.54. The third-order valence-electron chi connectivity index (χ3n) is 6.17. The molecule has 1 aliphatic heterocycles. The zero-order valence-electron chi connectivity index (χ0n) is 18.9. The smallest absolute Gasteiger partial charge is 0.254 e. The number of anilines is 1. The van der Waals surface area contributed by atoms with Crippen molar-refractivity contribution in [2.24, 2.45) is 0 Å². The quantitative estimate of drug-likeness (QED) is 0.422. The summed E-state index contributed by atoms with van der Waals surface area (Å²) in [4.78, 5) is 28.4. The van der Waals surface area contributed by atoms with Crippen LogP contribution in [-0.2, 0) is 24.2 Å². The van der Waals surface area contributed by atoms with Crippen LogP contribution < -0.4 is 5.32 Å². The summed E-state index contributed by atoms with van der Waals surface area (Å²) in [5.41, 5.74) is 4.66. The molecule has 5 heteroatoms. The minimum Gasteiger partial charge on any atom is -0.324 e. The third kappa shape index (κ3) is 5.63. The van der Waals surface area contributed by atoms with Crippen LogP contribution in [0.2, 0.25) is 5.02 Å². The first kappa shape index (κ1) is 23.1. The van der Waals surface area contributed by atoms with E-state index in [1.165, 1.54) is 24.8 Å². The highest BCUT2D eigenvalue weighted by atomic mass is 35.5. The molecule has 0 saturated heterocycles. The highest BCUT2D eigenvalue weighted by Crippen LogP contribution is 2.27. The van der Waals surface area contributed by atoms with Crippen molar-refractivity contribution in [3.05, 3.63) is 100 Å². The molecule has 0 spiro atoms. The van der Waals surface area contributed by atoms with Crippen LogP contribution in [0, 0.1) is 0 Å². The van der Waals surface area contributed by atoms with Gasteiger partial charge in [-0.15, -0.1) is 0 Å². The summed E-state index contributed by atoms with van der Waals surface area (Å²) in [6.07, 6.45) is 5.11. The van der Waals surface area contributed by atoms with Crippen molar-refractivity contribution in [2.45, 2.75) is 51.6 Å². The molecular formula is C28H29ClN2O2. The van der Waals surface area contributed by atoms with Crippen LogP contribution in [0.15, 0.2) is 72.8 Å². The molecule has 3 aromatic rings. The van der Waals surface area contributed by atoms with Crippen molar-refractivity contribution in [3.63, 3.8) is 0 Å². The van der Waals surface area contributed by atoms with E-state index in [-0.39, 0.29) is 11.8 Å². The van der Waals surface area contributed by atoms with Crippen LogP contribution >= 0.6 is 11.6 Å². The number of amides is 2. The fourth-order valence-electron chi connectivity index (χ4n) is 4.32. The van der Waals surface area contributed by atoms with Gasteiger partial charge in [-0.05, 0) is 59.9 Å². The second kappa shape index (κ2) is 10.7. The van der Waals surface area contributed by atoms with E-state index in [1.807, 2.05) is 36.4 Å². The zero-order chi connectivity index (χ0) is 23.2. The van der Waals surface area contributed by atoms with Crippen LogP contribution in [-0.4, -0.2) is 22.8 Å². The van der Waals surface area contributed by atoms with Gasteiger partial charge in [0.15, 0.2) is 0 Å². The molecule has 170 valence electrons. The molecule has 0 aromatic heterocycles. The maximum absolute atomic E-state index is 13.4. The van der Waals surface area contributed by atoms with Crippen molar-refractivity contribution in [1.82, 2.24) is 4.90 Å². The normalized spacial score (nSPS) is 15.1. The topological polar surface area (TPSA) is 49.4 Å². The Kier molecular flexibility index (Phi) is 7.46. The predicted molar refractivity (Wildman–Crippen MR) is 134 cm³/mol. The van der Waals surface area contributed by atoms with Gasteiger partial charge in [-0.3, -0.25) is 9.59 Å². The Morgan fingerprint density at radius 3 is 2.45 bits per heavy atom. The maximum Gasteiger partial charge on any atom is 0.254 e. The molecule has 3 aromatic carbocycles. The number of benzene rings is 3. The van der Waals surface area contributed by atoms with Gasteiger partial charge in [-0.25, -0.2) is 0 Å². The number of halogens is 1. The number of nitrogens with one attached hydrogen (secondary N) is 1. The Morgan fingerprint density at radius 1 is 0.970 bits per heavy atom. The van der Waals surface area contributed by atoms with E-state index < -0.39 is 6.04 Å². The van der Waals surface area contributed by atoms with Gasteiger partial charge in [0, 0.05) is 29.2 Å². The fourth-order valence-corrected chi connectivity index (χ4v) is 4.51. The minimum absolute atomic E-state index is 0.182. The lowest BCUT2D eigenvalue weighted by molar-refractivity contribution is -0.121. The number of unbranched alkanes of at least 4 members (excludes halogenated alkanes) is 2. The molecule has 0 aliphatic carbocycles. The van der Waals surface area contributed by atoms with Gasteiger partial charge in [0.05, 0.1) is 0 Å². The Bertz CT molecular complexity index is 1130. The first-order valence-corrected chi connectivity index (χ1v) is 12.0. The van der Waals surface area contributed by atoms with Crippen LogP contribution in [0.1, 0.15) is 53.2 Å². The number of fused-ring (bicyclic) bond motifs is 1. The van der Waals surface area contributed by atoms with E-state index in [2.05, 4.69) is 24.4 Å². The van der Waals surface area contributed by atoms with Gasteiger partial charge in [0.2, 0.25) is 5.91 Å². The number of nitrogens with zero attached hydrogens (tertiary/aromatic N) is 1. The molecule has 4 rings (SSSR count). The predicted octanol–water partition coefficient (Wildman–Crippen LogP) is 6.28. The minimum atomic E-state index is -0.601. The van der Waals surface area contributed by atoms with Crippen LogP contribution in [0.3, 0.4) is 0 Å². The first-order chi connectivity index (χ1) is 16.0. The number of hydrogen-bond acceptors (Lipinski definition) is 2. The standard InChI is InChI=1S/C28H29ClN2O2/c1-2-3-4-8-20-13-15-25(16-14-20)30-27(32)26-18-21-9-5-6-10-23(21)19-31(26)28(33)22-11-7-12-24(29)17-22/h5-7,9-17,26H,2-4,8,18-19H2,1H3,(H,30,32)/t26-/m0/s1. The van der Waals surface area contributed by atoms with Crippen LogP contribution in [0.25, 0.3) is 0 Å². The Hall–Kier alpha value is -3.11. The third-order valence-corrected chi connectivity index (χ3v) is 6.41. The summed E-state index contributed by atoms with van der Waals surface area (Å²) < 4.78 is 0. The van der Waals surface area contributed by atoms with E-state index in [9.17, 15) is 9.59 Å². The highest BCUT2D eigenvalue weighted by molar-refractivity contribution is 6.31. The zero-order valence-corrected chi connectivity index (χ0v) is 19.6. The lowest BCUT2D eigenvalue weighted by Crippen LogP contribution is -2.50. The van der Waals surface area contributed by atoms with Crippen molar-refractivity contribution in [1.29, 1.82) is 0 Å². The van der Waals surface area contributed by atoms with Crippen molar-refractivity contribution in [3.8, 4) is 0 Å². The Morgan fingerprint density at radius 2 is 1.73 bits per heavy atom. The molecule has 1 aliphatic rings. The second-order valence-corrected chi connectivity index (χ2v) is 9.01. The molecule has 0 radical (unpaired) electrons. The van der Waals surface area contributed by atoms with E-state index >= 15 is 0 Å². The molecule has 33 heavy (non-hydrogen) atoms. The Labute approximate surface area is 200 Å². The van der Waals surface area contributed by atoms with Crippen LogP contribution in [0.5, 0.6) is 0 Å². The molecule has 2 amide bonds. The molecule has 1 heterocycles.